The highest BCUT2D eigenvalue weighted by Crippen LogP contribution is 2.17. The molecule has 2 aromatic rings. The number of amides is 1. The van der Waals surface area contributed by atoms with Crippen LogP contribution in [0.25, 0.3) is 6.08 Å². The predicted octanol–water partition coefficient (Wildman–Crippen LogP) is 3.01. The predicted molar refractivity (Wildman–Crippen MR) is 83.1 cm³/mol. The third kappa shape index (κ3) is 4.03. The number of benzene rings is 1. The quantitative estimate of drug-likeness (QED) is 0.834. The van der Waals surface area contributed by atoms with Crippen LogP contribution in [0.15, 0.2) is 47.9 Å². The minimum atomic E-state index is -1.09. The molecule has 1 heterocycles. The van der Waals surface area contributed by atoms with Crippen LogP contribution in [-0.4, -0.2) is 17.0 Å². The van der Waals surface area contributed by atoms with Crippen LogP contribution in [-0.2, 0) is 9.59 Å². The number of carboxylic acids is 1. The molecule has 0 fully saturated rings. The molecule has 4 nitrogen and oxygen atoms in total. The highest BCUT2D eigenvalue weighted by molar-refractivity contribution is 7.11. The Hall–Kier alpha value is -2.40. The Morgan fingerprint density at radius 2 is 1.95 bits per heavy atom. The van der Waals surface area contributed by atoms with Crippen LogP contribution in [0, 0.1) is 6.92 Å². The molecule has 0 saturated heterocycles. The lowest BCUT2D eigenvalue weighted by molar-refractivity contribution is -0.141. The van der Waals surface area contributed by atoms with Gasteiger partial charge < -0.3 is 10.4 Å². The molecule has 0 radical (unpaired) electrons. The lowest BCUT2D eigenvalue weighted by Gasteiger charge is -2.13. The van der Waals surface area contributed by atoms with Crippen molar-refractivity contribution in [2.45, 2.75) is 13.0 Å². The van der Waals surface area contributed by atoms with Gasteiger partial charge in [-0.1, -0.05) is 30.3 Å². The van der Waals surface area contributed by atoms with E-state index in [4.69, 9.17) is 0 Å². The van der Waals surface area contributed by atoms with Crippen molar-refractivity contribution >= 4 is 29.3 Å². The van der Waals surface area contributed by atoms with E-state index in [9.17, 15) is 14.7 Å². The van der Waals surface area contributed by atoms with E-state index < -0.39 is 17.9 Å². The number of carbonyl (C=O) groups is 2. The van der Waals surface area contributed by atoms with Crippen LogP contribution >= 0.6 is 11.3 Å². The van der Waals surface area contributed by atoms with E-state index in [1.165, 1.54) is 17.4 Å². The number of nitrogens with one attached hydrogen (secondary N) is 1. The maximum Gasteiger partial charge on any atom is 0.330 e. The zero-order valence-corrected chi connectivity index (χ0v) is 12.3. The smallest absolute Gasteiger partial charge is 0.330 e. The average Bonchev–Trinajstić information content (AvgIpc) is 2.88. The number of carbonyl (C=O) groups excluding carboxylic acids is 1. The molecule has 1 amide bonds. The summed E-state index contributed by atoms with van der Waals surface area (Å²) in [5.41, 5.74) is 1.63. The van der Waals surface area contributed by atoms with Gasteiger partial charge in [0, 0.05) is 11.0 Å². The van der Waals surface area contributed by atoms with Gasteiger partial charge in [0.25, 0.3) is 0 Å². The fourth-order valence-electron chi connectivity index (χ4n) is 1.83. The van der Waals surface area contributed by atoms with Crippen LogP contribution < -0.4 is 5.32 Å². The van der Waals surface area contributed by atoms with Crippen molar-refractivity contribution in [3.8, 4) is 0 Å². The fraction of sp³-hybridized carbons (Fsp3) is 0.125. The number of hydrogen-bond acceptors (Lipinski definition) is 3. The van der Waals surface area contributed by atoms with Gasteiger partial charge in [-0.05, 0) is 35.6 Å². The zero-order chi connectivity index (χ0) is 15.2. The number of hydrogen-bond donors (Lipinski definition) is 2. The summed E-state index contributed by atoms with van der Waals surface area (Å²) < 4.78 is 0. The average molecular weight is 301 g/mol. The number of carboxylic acid groups (broad SMARTS) is 1. The molecule has 0 bridgehead atoms. The zero-order valence-electron chi connectivity index (χ0n) is 11.4. The molecule has 0 unspecified atom stereocenters. The van der Waals surface area contributed by atoms with Gasteiger partial charge in [-0.3, -0.25) is 4.79 Å². The molecule has 21 heavy (non-hydrogen) atoms. The molecular formula is C16H15NO3S. The Morgan fingerprint density at radius 1 is 1.24 bits per heavy atom. The number of aliphatic carboxylic acids is 1. The molecule has 0 spiro atoms. The SMILES string of the molecule is Cc1ccsc1/C=C/C(=O)N[C@@H](C(=O)O)c1ccccc1. The molecule has 0 saturated carbocycles. The van der Waals surface area contributed by atoms with Gasteiger partial charge in [-0.15, -0.1) is 11.3 Å². The number of thiophene rings is 1. The van der Waals surface area contributed by atoms with Crippen LogP contribution in [0.3, 0.4) is 0 Å². The minimum absolute atomic E-state index is 0.431. The van der Waals surface area contributed by atoms with E-state index in [1.807, 2.05) is 18.4 Å². The van der Waals surface area contributed by atoms with Gasteiger partial charge in [0.05, 0.1) is 0 Å². The van der Waals surface area contributed by atoms with Crippen molar-refractivity contribution < 1.29 is 14.7 Å². The van der Waals surface area contributed by atoms with Crippen molar-refractivity contribution in [3.05, 3.63) is 63.9 Å². The third-order valence-electron chi connectivity index (χ3n) is 2.95. The van der Waals surface area contributed by atoms with E-state index in [-0.39, 0.29) is 0 Å². The van der Waals surface area contributed by atoms with Gasteiger partial charge in [-0.2, -0.15) is 0 Å². The Balaban J connectivity index is 2.08. The number of aryl methyl sites for hydroxylation is 1. The van der Waals surface area contributed by atoms with Gasteiger partial charge in [0.2, 0.25) is 5.91 Å². The summed E-state index contributed by atoms with van der Waals surface area (Å²) in [7, 11) is 0. The van der Waals surface area contributed by atoms with Crippen molar-refractivity contribution in [2.75, 3.05) is 0 Å². The molecule has 2 N–H and O–H groups in total. The van der Waals surface area contributed by atoms with Crippen molar-refractivity contribution in [1.29, 1.82) is 0 Å². The topological polar surface area (TPSA) is 66.4 Å². The largest absolute Gasteiger partial charge is 0.479 e. The molecule has 1 aromatic heterocycles. The molecule has 0 aliphatic carbocycles. The van der Waals surface area contributed by atoms with E-state index in [0.29, 0.717) is 5.56 Å². The summed E-state index contributed by atoms with van der Waals surface area (Å²) in [5.74, 6) is -1.52. The van der Waals surface area contributed by atoms with Gasteiger partial charge >= 0.3 is 5.97 Å². The molecule has 1 atom stereocenters. The van der Waals surface area contributed by atoms with E-state index in [2.05, 4.69) is 5.32 Å². The van der Waals surface area contributed by atoms with E-state index in [1.54, 1.807) is 36.4 Å². The van der Waals surface area contributed by atoms with Crippen LogP contribution in [0.2, 0.25) is 0 Å². The Kier molecular flexibility index (Phi) is 4.90. The first-order valence-electron chi connectivity index (χ1n) is 6.38. The van der Waals surface area contributed by atoms with Crippen LogP contribution in [0.1, 0.15) is 22.0 Å². The second-order valence-electron chi connectivity index (χ2n) is 4.49. The van der Waals surface area contributed by atoms with E-state index in [0.717, 1.165) is 10.4 Å². The van der Waals surface area contributed by atoms with Crippen molar-refractivity contribution in [1.82, 2.24) is 5.32 Å². The minimum Gasteiger partial charge on any atom is -0.479 e. The summed E-state index contributed by atoms with van der Waals surface area (Å²) in [6.07, 6.45) is 3.05. The molecule has 0 aliphatic rings. The molecular weight excluding hydrogens is 286 g/mol. The number of rotatable bonds is 5. The first-order valence-corrected chi connectivity index (χ1v) is 7.26. The summed E-state index contributed by atoms with van der Waals surface area (Å²) in [6.45, 7) is 1.96. The molecule has 5 heteroatoms. The van der Waals surface area contributed by atoms with Crippen LogP contribution in [0.4, 0.5) is 0 Å². The first kappa shape index (κ1) is 15.0. The third-order valence-corrected chi connectivity index (χ3v) is 3.94. The molecule has 2 rings (SSSR count). The van der Waals surface area contributed by atoms with Gasteiger partial charge in [0.1, 0.15) is 0 Å². The lowest BCUT2D eigenvalue weighted by Crippen LogP contribution is -2.32. The highest BCUT2D eigenvalue weighted by Gasteiger charge is 2.20. The normalized spacial score (nSPS) is 12.2. The fourth-order valence-corrected chi connectivity index (χ4v) is 2.65. The maximum absolute atomic E-state index is 11.9. The monoisotopic (exact) mass is 301 g/mol. The van der Waals surface area contributed by atoms with Gasteiger partial charge in [-0.25, -0.2) is 4.79 Å². The summed E-state index contributed by atoms with van der Waals surface area (Å²) >= 11 is 1.53. The van der Waals surface area contributed by atoms with Crippen LogP contribution in [0.5, 0.6) is 0 Å². The lowest BCUT2D eigenvalue weighted by atomic mass is 10.1. The second kappa shape index (κ2) is 6.85. The van der Waals surface area contributed by atoms with Crippen molar-refractivity contribution in [3.63, 3.8) is 0 Å². The molecule has 108 valence electrons. The second-order valence-corrected chi connectivity index (χ2v) is 5.44. The highest BCUT2D eigenvalue weighted by atomic mass is 32.1. The Bertz CT molecular complexity index is 661. The molecule has 0 aliphatic heterocycles. The van der Waals surface area contributed by atoms with Crippen molar-refractivity contribution in [2.24, 2.45) is 0 Å². The first-order chi connectivity index (χ1) is 10.1. The standard InChI is InChI=1S/C16H15NO3S/c1-11-9-10-21-13(11)7-8-14(18)17-15(16(19)20)12-5-3-2-4-6-12/h2-10,15H,1H3,(H,17,18)(H,19,20)/b8-7+/t15-/m1/s1. The maximum atomic E-state index is 11.9. The summed E-state index contributed by atoms with van der Waals surface area (Å²) in [6, 6.07) is 9.53. The van der Waals surface area contributed by atoms with E-state index >= 15 is 0 Å². The summed E-state index contributed by atoms with van der Waals surface area (Å²) in [4.78, 5) is 24.1. The molecule has 1 aromatic carbocycles. The Morgan fingerprint density at radius 3 is 2.52 bits per heavy atom. The van der Waals surface area contributed by atoms with Gasteiger partial charge in [0.15, 0.2) is 6.04 Å². The Labute approximate surface area is 126 Å². The summed E-state index contributed by atoms with van der Waals surface area (Å²) in [5, 5.41) is 13.7.